The summed E-state index contributed by atoms with van der Waals surface area (Å²) in [5.74, 6) is 0.646. The summed E-state index contributed by atoms with van der Waals surface area (Å²) in [4.78, 5) is 11.4. The lowest BCUT2D eigenvalue weighted by atomic mass is 9.80. The van der Waals surface area contributed by atoms with E-state index in [1.54, 1.807) is 12.1 Å². The van der Waals surface area contributed by atoms with Gasteiger partial charge in [-0.05, 0) is 49.8 Å². The summed E-state index contributed by atoms with van der Waals surface area (Å²) < 4.78 is 13.2. The first kappa shape index (κ1) is 17.6. The third-order valence-electron chi connectivity index (χ3n) is 5.90. The quantitative estimate of drug-likeness (QED) is 0.891. The SMILES string of the molecule is CCCc1ncc(CN2[C@@H]3CC[C@H]2CC(O)(c2ccc(F)cc2)C3)cn1. The van der Waals surface area contributed by atoms with Gasteiger partial charge in [-0.3, -0.25) is 4.90 Å². The molecule has 2 aromatic rings. The molecule has 0 aliphatic carbocycles. The van der Waals surface area contributed by atoms with Crippen molar-refractivity contribution in [1.82, 2.24) is 14.9 Å². The maximum absolute atomic E-state index is 13.2. The number of hydrogen-bond acceptors (Lipinski definition) is 4. The summed E-state index contributed by atoms with van der Waals surface area (Å²) >= 11 is 0. The molecule has 1 N–H and O–H groups in total. The Morgan fingerprint density at radius 3 is 2.31 bits per heavy atom. The van der Waals surface area contributed by atoms with Crippen LogP contribution < -0.4 is 0 Å². The predicted octanol–water partition coefficient (Wildman–Crippen LogP) is 3.58. The van der Waals surface area contributed by atoms with Crippen LogP contribution in [0.2, 0.25) is 0 Å². The average Bonchev–Trinajstić information content (AvgIpc) is 2.87. The molecule has 2 aliphatic rings. The van der Waals surface area contributed by atoms with Crippen molar-refractivity contribution in [2.75, 3.05) is 0 Å². The lowest BCUT2D eigenvalue weighted by Gasteiger charge is -2.44. The Morgan fingerprint density at radius 1 is 1.12 bits per heavy atom. The number of aryl methyl sites for hydroxylation is 1. The van der Waals surface area contributed by atoms with Gasteiger partial charge in [-0.1, -0.05) is 19.1 Å². The van der Waals surface area contributed by atoms with E-state index in [-0.39, 0.29) is 5.82 Å². The zero-order chi connectivity index (χ0) is 18.1. The first-order chi connectivity index (χ1) is 12.6. The van der Waals surface area contributed by atoms with Crippen molar-refractivity contribution >= 4 is 0 Å². The molecular weight excluding hydrogens is 329 g/mol. The summed E-state index contributed by atoms with van der Waals surface area (Å²) in [6.45, 7) is 2.96. The van der Waals surface area contributed by atoms with Gasteiger partial charge in [0.05, 0.1) is 5.60 Å². The Morgan fingerprint density at radius 2 is 1.73 bits per heavy atom. The molecule has 0 amide bonds. The Bertz CT molecular complexity index is 733. The van der Waals surface area contributed by atoms with Crippen molar-refractivity contribution in [3.63, 3.8) is 0 Å². The van der Waals surface area contributed by atoms with Gasteiger partial charge in [-0.15, -0.1) is 0 Å². The molecule has 2 fully saturated rings. The first-order valence-corrected chi connectivity index (χ1v) is 9.61. The highest BCUT2D eigenvalue weighted by atomic mass is 19.1. The van der Waals surface area contributed by atoms with Gasteiger partial charge in [0.2, 0.25) is 0 Å². The summed E-state index contributed by atoms with van der Waals surface area (Å²) in [6.07, 6.45) is 9.45. The lowest BCUT2D eigenvalue weighted by molar-refractivity contribution is -0.0595. The molecular formula is C21H26FN3O. The summed E-state index contributed by atoms with van der Waals surface area (Å²) in [6, 6.07) is 7.03. The molecule has 2 saturated heterocycles. The Kier molecular flexibility index (Phi) is 4.76. The van der Waals surface area contributed by atoms with E-state index < -0.39 is 5.60 Å². The van der Waals surface area contributed by atoms with Gasteiger partial charge in [0.15, 0.2) is 0 Å². The largest absolute Gasteiger partial charge is 0.385 e. The van der Waals surface area contributed by atoms with Crippen LogP contribution in [-0.2, 0) is 18.6 Å². The minimum atomic E-state index is -0.850. The number of benzene rings is 1. The molecule has 1 aromatic carbocycles. The zero-order valence-electron chi connectivity index (χ0n) is 15.2. The number of fused-ring (bicyclic) bond motifs is 2. The van der Waals surface area contributed by atoms with Gasteiger partial charge >= 0.3 is 0 Å². The lowest BCUT2D eigenvalue weighted by Crippen LogP contribution is -2.49. The molecule has 0 saturated carbocycles. The van der Waals surface area contributed by atoms with Crippen LogP contribution in [-0.4, -0.2) is 32.1 Å². The van der Waals surface area contributed by atoms with Crippen LogP contribution in [0.25, 0.3) is 0 Å². The molecule has 3 heterocycles. The van der Waals surface area contributed by atoms with Crippen LogP contribution in [0.3, 0.4) is 0 Å². The van der Waals surface area contributed by atoms with Crippen LogP contribution in [0, 0.1) is 5.82 Å². The van der Waals surface area contributed by atoms with Crippen molar-refractivity contribution in [3.05, 3.63) is 59.4 Å². The van der Waals surface area contributed by atoms with Crippen LogP contribution in [0.15, 0.2) is 36.7 Å². The molecule has 0 radical (unpaired) electrons. The van der Waals surface area contributed by atoms with E-state index in [0.29, 0.717) is 24.9 Å². The molecule has 4 rings (SSSR count). The van der Waals surface area contributed by atoms with Crippen molar-refractivity contribution in [1.29, 1.82) is 0 Å². The molecule has 2 bridgehead atoms. The van der Waals surface area contributed by atoms with Gasteiger partial charge in [-0.2, -0.15) is 0 Å². The Balaban J connectivity index is 1.47. The number of nitrogens with zero attached hydrogens (tertiary/aromatic N) is 3. The minimum Gasteiger partial charge on any atom is -0.385 e. The van der Waals surface area contributed by atoms with E-state index in [9.17, 15) is 9.50 Å². The highest BCUT2D eigenvalue weighted by molar-refractivity contribution is 5.26. The van der Waals surface area contributed by atoms with Crippen LogP contribution in [0.4, 0.5) is 4.39 Å². The molecule has 4 nitrogen and oxygen atoms in total. The number of piperidine rings is 1. The van der Waals surface area contributed by atoms with Gasteiger partial charge in [0.1, 0.15) is 11.6 Å². The van der Waals surface area contributed by atoms with Crippen LogP contribution in [0.5, 0.6) is 0 Å². The number of hydrogen-bond donors (Lipinski definition) is 1. The van der Waals surface area contributed by atoms with Crippen LogP contribution in [0.1, 0.15) is 56.0 Å². The second-order valence-corrected chi connectivity index (χ2v) is 7.76. The second kappa shape index (κ2) is 7.05. The minimum absolute atomic E-state index is 0.260. The predicted molar refractivity (Wildman–Crippen MR) is 97.9 cm³/mol. The number of aliphatic hydroxyl groups is 1. The molecule has 1 aromatic heterocycles. The molecule has 1 unspecified atom stereocenters. The smallest absolute Gasteiger partial charge is 0.128 e. The highest BCUT2D eigenvalue weighted by Crippen LogP contribution is 2.46. The maximum Gasteiger partial charge on any atom is 0.128 e. The zero-order valence-corrected chi connectivity index (χ0v) is 15.2. The normalized spacial score (nSPS) is 28.4. The van der Waals surface area contributed by atoms with Crippen molar-refractivity contribution in [3.8, 4) is 0 Å². The van der Waals surface area contributed by atoms with Gasteiger partial charge in [0.25, 0.3) is 0 Å². The van der Waals surface area contributed by atoms with Crippen LogP contribution >= 0.6 is 0 Å². The standard InChI is InChI=1S/C21H26FN3O/c1-2-3-20-23-12-15(13-24-20)14-25-18-8-9-19(25)11-21(26,10-18)16-4-6-17(22)7-5-16/h4-7,12-13,18-19,26H,2-3,8-11,14H2,1H3/t18-,19+,21?. The van der Waals surface area contributed by atoms with E-state index in [4.69, 9.17) is 0 Å². The number of halogens is 1. The fourth-order valence-electron chi connectivity index (χ4n) is 4.60. The molecule has 26 heavy (non-hydrogen) atoms. The third-order valence-corrected chi connectivity index (χ3v) is 5.90. The molecule has 0 spiro atoms. The van der Waals surface area contributed by atoms with Gasteiger partial charge in [-0.25, -0.2) is 14.4 Å². The summed E-state index contributed by atoms with van der Waals surface area (Å²) in [5.41, 5.74) is 1.12. The van der Waals surface area contributed by atoms with Crippen molar-refractivity contribution in [2.24, 2.45) is 0 Å². The number of aromatic nitrogens is 2. The van der Waals surface area contributed by atoms with Gasteiger partial charge < -0.3 is 5.11 Å². The monoisotopic (exact) mass is 355 g/mol. The molecule has 5 heteroatoms. The fourth-order valence-corrected chi connectivity index (χ4v) is 4.60. The van der Waals surface area contributed by atoms with E-state index in [2.05, 4.69) is 21.8 Å². The second-order valence-electron chi connectivity index (χ2n) is 7.76. The first-order valence-electron chi connectivity index (χ1n) is 9.61. The van der Waals surface area contributed by atoms with Crippen molar-refractivity contribution < 1.29 is 9.50 Å². The molecule has 2 aliphatic heterocycles. The Hall–Kier alpha value is -1.85. The van der Waals surface area contributed by atoms with E-state index >= 15 is 0 Å². The highest BCUT2D eigenvalue weighted by Gasteiger charge is 2.48. The van der Waals surface area contributed by atoms with E-state index in [0.717, 1.165) is 49.2 Å². The molecule has 138 valence electrons. The third kappa shape index (κ3) is 3.38. The van der Waals surface area contributed by atoms with E-state index in [1.807, 2.05) is 12.4 Å². The Labute approximate surface area is 154 Å². The van der Waals surface area contributed by atoms with Gasteiger partial charge in [0, 0.05) is 43.0 Å². The maximum atomic E-state index is 13.2. The van der Waals surface area contributed by atoms with Crippen molar-refractivity contribution in [2.45, 2.75) is 69.7 Å². The topological polar surface area (TPSA) is 49.2 Å². The average molecular weight is 355 g/mol. The summed E-state index contributed by atoms with van der Waals surface area (Å²) in [5, 5.41) is 11.2. The van der Waals surface area contributed by atoms with E-state index in [1.165, 1.54) is 12.1 Å². The summed E-state index contributed by atoms with van der Waals surface area (Å²) in [7, 11) is 0. The fraction of sp³-hybridized carbons (Fsp3) is 0.524. The number of rotatable bonds is 5. The molecule has 3 atom stereocenters.